The maximum atomic E-state index is 11.1. The Balaban J connectivity index is 2.41. The first-order valence-electron chi connectivity index (χ1n) is 4.84. The normalized spacial score (nSPS) is 12.1. The minimum Gasteiger partial charge on any atom is -0.441 e. The number of hydrogen-bond donors (Lipinski definition) is 0. The second-order valence-electron chi connectivity index (χ2n) is 3.42. The van der Waals surface area contributed by atoms with Gasteiger partial charge in [0.2, 0.25) is 0 Å². The van der Waals surface area contributed by atoms with Crippen molar-refractivity contribution in [3.05, 3.63) is 24.1 Å². The Morgan fingerprint density at radius 1 is 1.47 bits per heavy atom. The number of fused-ring (bicyclic) bond motifs is 1. The highest BCUT2D eigenvalue weighted by Crippen LogP contribution is 2.22. The fourth-order valence-electron chi connectivity index (χ4n) is 1.40. The van der Waals surface area contributed by atoms with E-state index in [1.165, 1.54) is 18.2 Å². The van der Waals surface area contributed by atoms with Gasteiger partial charge in [-0.25, -0.2) is 13.4 Å². The van der Waals surface area contributed by atoms with Crippen LogP contribution in [0.15, 0.2) is 27.5 Å². The third-order valence-electron chi connectivity index (χ3n) is 2.20. The standard InChI is InChI=1S/C10H10ClNO4S/c1-15-5-4-10-12-8-6-7(17(11,13)14)2-3-9(8)16-10/h2-3,6H,4-5H2,1H3. The zero-order valence-corrected chi connectivity index (χ0v) is 10.6. The Kier molecular flexibility index (Phi) is 3.37. The van der Waals surface area contributed by atoms with Crippen molar-refractivity contribution in [2.75, 3.05) is 13.7 Å². The number of aromatic nitrogens is 1. The highest BCUT2D eigenvalue weighted by molar-refractivity contribution is 8.13. The average molecular weight is 276 g/mol. The minimum atomic E-state index is -3.74. The molecule has 0 N–H and O–H groups in total. The molecule has 0 atom stereocenters. The summed E-state index contributed by atoms with van der Waals surface area (Å²) in [7, 11) is 3.09. The van der Waals surface area contributed by atoms with Crippen molar-refractivity contribution in [1.82, 2.24) is 4.98 Å². The van der Waals surface area contributed by atoms with Crippen molar-refractivity contribution in [2.24, 2.45) is 0 Å². The third-order valence-corrected chi connectivity index (χ3v) is 3.56. The molecule has 0 spiro atoms. The van der Waals surface area contributed by atoms with E-state index < -0.39 is 9.05 Å². The first kappa shape index (κ1) is 12.3. The molecule has 0 unspecified atom stereocenters. The number of nitrogens with zero attached hydrogens (tertiary/aromatic N) is 1. The van der Waals surface area contributed by atoms with E-state index in [4.69, 9.17) is 19.8 Å². The van der Waals surface area contributed by atoms with Crippen LogP contribution in [0.3, 0.4) is 0 Å². The third kappa shape index (κ3) is 2.77. The van der Waals surface area contributed by atoms with Crippen LogP contribution in [0.5, 0.6) is 0 Å². The zero-order valence-electron chi connectivity index (χ0n) is 9.01. The molecule has 2 rings (SSSR count). The van der Waals surface area contributed by atoms with Crippen molar-refractivity contribution in [3.8, 4) is 0 Å². The first-order chi connectivity index (χ1) is 8.00. The number of hydrogen-bond acceptors (Lipinski definition) is 5. The Morgan fingerprint density at radius 3 is 2.88 bits per heavy atom. The fraction of sp³-hybridized carbons (Fsp3) is 0.300. The summed E-state index contributed by atoms with van der Waals surface area (Å²) in [5, 5.41) is 0. The fourth-order valence-corrected chi connectivity index (χ4v) is 2.17. The van der Waals surface area contributed by atoms with Crippen LogP contribution in [0.2, 0.25) is 0 Å². The number of oxazole rings is 1. The Morgan fingerprint density at radius 2 is 2.24 bits per heavy atom. The summed E-state index contributed by atoms with van der Waals surface area (Å²) in [6, 6.07) is 4.31. The van der Waals surface area contributed by atoms with E-state index in [0.717, 1.165) is 0 Å². The lowest BCUT2D eigenvalue weighted by Gasteiger charge is -1.93. The lowest BCUT2D eigenvalue weighted by Crippen LogP contribution is -1.93. The molecule has 0 saturated carbocycles. The van der Waals surface area contributed by atoms with E-state index in [9.17, 15) is 8.42 Å². The predicted octanol–water partition coefficient (Wildman–Crippen LogP) is 1.94. The summed E-state index contributed by atoms with van der Waals surface area (Å²) in [5.74, 6) is 0.506. The van der Waals surface area contributed by atoms with Crippen molar-refractivity contribution in [2.45, 2.75) is 11.3 Å². The Labute approximate surface area is 103 Å². The van der Waals surface area contributed by atoms with Gasteiger partial charge < -0.3 is 9.15 Å². The van der Waals surface area contributed by atoms with Crippen LogP contribution in [0.4, 0.5) is 0 Å². The topological polar surface area (TPSA) is 69.4 Å². The first-order valence-corrected chi connectivity index (χ1v) is 7.15. The summed E-state index contributed by atoms with van der Waals surface area (Å²) in [6.07, 6.45) is 0.536. The zero-order chi connectivity index (χ0) is 12.5. The lowest BCUT2D eigenvalue weighted by atomic mass is 10.3. The van der Waals surface area contributed by atoms with Crippen molar-refractivity contribution >= 4 is 30.8 Å². The van der Waals surface area contributed by atoms with Gasteiger partial charge in [-0.1, -0.05) is 0 Å². The SMILES string of the molecule is COCCc1nc2cc(S(=O)(=O)Cl)ccc2o1. The van der Waals surface area contributed by atoms with Gasteiger partial charge in [-0.15, -0.1) is 0 Å². The summed E-state index contributed by atoms with van der Waals surface area (Å²) in [4.78, 5) is 4.17. The van der Waals surface area contributed by atoms with Gasteiger partial charge in [0.1, 0.15) is 5.52 Å². The summed E-state index contributed by atoms with van der Waals surface area (Å²) >= 11 is 0. The van der Waals surface area contributed by atoms with Gasteiger partial charge in [0, 0.05) is 24.2 Å². The average Bonchev–Trinajstić information content (AvgIpc) is 2.66. The van der Waals surface area contributed by atoms with Crippen LogP contribution in [0.25, 0.3) is 11.1 Å². The highest BCUT2D eigenvalue weighted by atomic mass is 35.7. The van der Waals surface area contributed by atoms with Crippen molar-refractivity contribution < 1.29 is 17.6 Å². The lowest BCUT2D eigenvalue weighted by molar-refractivity contribution is 0.196. The molecule has 5 nitrogen and oxygen atoms in total. The van der Waals surface area contributed by atoms with Crippen LogP contribution in [-0.2, 0) is 20.2 Å². The van der Waals surface area contributed by atoms with Crippen molar-refractivity contribution in [3.63, 3.8) is 0 Å². The number of ether oxygens (including phenoxy) is 1. The summed E-state index contributed by atoms with van der Waals surface area (Å²) < 4.78 is 32.6. The predicted molar refractivity (Wildman–Crippen MR) is 62.6 cm³/mol. The van der Waals surface area contributed by atoms with Gasteiger partial charge in [0.05, 0.1) is 11.5 Å². The van der Waals surface area contributed by atoms with E-state index >= 15 is 0 Å². The molecule has 0 aliphatic carbocycles. The summed E-state index contributed by atoms with van der Waals surface area (Å²) in [5.41, 5.74) is 0.998. The van der Waals surface area contributed by atoms with Gasteiger partial charge in [-0.2, -0.15) is 0 Å². The Bertz CT molecular complexity index is 635. The van der Waals surface area contributed by atoms with Crippen molar-refractivity contribution in [1.29, 1.82) is 0 Å². The minimum absolute atomic E-state index is 0.0123. The molecule has 1 aromatic carbocycles. The second kappa shape index (κ2) is 4.64. The van der Waals surface area contributed by atoms with Gasteiger partial charge in [0.25, 0.3) is 9.05 Å². The smallest absolute Gasteiger partial charge is 0.261 e. The van der Waals surface area contributed by atoms with E-state index in [2.05, 4.69) is 4.98 Å². The number of halogens is 1. The monoisotopic (exact) mass is 275 g/mol. The molecule has 2 aromatic rings. The van der Waals surface area contributed by atoms with Crippen LogP contribution >= 0.6 is 10.7 Å². The molecule has 0 aliphatic rings. The van der Waals surface area contributed by atoms with Crippen LogP contribution in [-0.4, -0.2) is 27.1 Å². The van der Waals surface area contributed by atoms with E-state index in [0.29, 0.717) is 30.0 Å². The molecule has 17 heavy (non-hydrogen) atoms. The molecule has 1 aromatic heterocycles. The molecule has 0 saturated heterocycles. The molecular weight excluding hydrogens is 266 g/mol. The molecule has 0 aliphatic heterocycles. The molecule has 0 radical (unpaired) electrons. The molecule has 1 heterocycles. The van der Waals surface area contributed by atoms with E-state index in [1.54, 1.807) is 7.11 Å². The van der Waals surface area contributed by atoms with Crippen LogP contribution in [0, 0.1) is 0 Å². The number of methoxy groups -OCH3 is 1. The Hall–Kier alpha value is -1.11. The second-order valence-corrected chi connectivity index (χ2v) is 5.98. The molecule has 0 amide bonds. The van der Waals surface area contributed by atoms with Gasteiger partial charge in [-0.05, 0) is 18.2 Å². The van der Waals surface area contributed by atoms with Gasteiger partial charge in [0.15, 0.2) is 11.5 Å². The molecule has 0 bridgehead atoms. The molecule has 7 heteroatoms. The summed E-state index contributed by atoms with van der Waals surface area (Å²) in [6.45, 7) is 0.494. The number of rotatable bonds is 4. The van der Waals surface area contributed by atoms with Crippen LogP contribution < -0.4 is 0 Å². The largest absolute Gasteiger partial charge is 0.441 e. The molecular formula is C10H10ClNO4S. The maximum Gasteiger partial charge on any atom is 0.261 e. The molecule has 0 fully saturated rings. The molecule has 92 valence electrons. The highest BCUT2D eigenvalue weighted by Gasteiger charge is 2.13. The van der Waals surface area contributed by atoms with Crippen LogP contribution in [0.1, 0.15) is 5.89 Å². The maximum absolute atomic E-state index is 11.1. The van der Waals surface area contributed by atoms with Gasteiger partial charge in [-0.3, -0.25) is 0 Å². The quantitative estimate of drug-likeness (QED) is 0.798. The van der Waals surface area contributed by atoms with E-state index in [1.807, 2.05) is 0 Å². The number of benzene rings is 1. The van der Waals surface area contributed by atoms with Gasteiger partial charge >= 0.3 is 0 Å². The van der Waals surface area contributed by atoms with E-state index in [-0.39, 0.29) is 4.90 Å².